The van der Waals surface area contributed by atoms with Gasteiger partial charge in [-0.3, -0.25) is 14.4 Å². The van der Waals surface area contributed by atoms with Crippen LogP contribution in [0.15, 0.2) is 0 Å². The van der Waals surface area contributed by atoms with Crippen LogP contribution in [0.2, 0.25) is 0 Å². The van der Waals surface area contributed by atoms with Crippen molar-refractivity contribution >= 4 is 35.6 Å². The van der Waals surface area contributed by atoms with E-state index in [9.17, 15) is 19.2 Å². The molecule has 8 nitrogen and oxygen atoms in total. The van der Waals surface area contributed by atoms with Crippen molar-refractivity contribution in [3.05, 3.63) is 0 Å². The van der Waals surface area contributed by atoms with Gasteiger partial charge in [-0.2, -0.15) is 11.8 Å². The second-order valence-corrected chi connectivity index (χ2v) is 22.0. The molecule has 2 atom stereocenters. The van der Waals surface area contributed by atoms with Gasteiger partial charge in [0, 0.05) is 30.8 Å². The average molecular weight is 967 g/mol. The van der Waals surface area contributed by atoms with Gasteiger partial charge in [-0.15, -0.1) is 0 Å². The maximum atomic E-state index is 13.3. The standard InChI is InChI=1S/C58H111NO7S/c1-7-10-13-16-19-22-25-28-31-34-37-40-43-46-54(60)59-53(57(63)66-58(4,5)6)51-67-50-52(65-56(62)48-45-42-39-36-33-30-27-24-21-18-15-12-9-3)49-64-55(61)47-44-41-38-35-32-29-26-23-20-17-14-11-8-2/h52-53H,7-51H2,1-6H3,(H,59,60)/t52?,53-/m0/s1. The van der Waals surface area contributed by atoms with Crippen LogP contribution in [0, 0.1) is 0 Å². The van der Waals surface area contributed by atoms with Crippen LogP contribution in [0.5, 0.6) is 0 Å². The summed E-state index contributed by atoms with van der Waals surface area (Å²) in [5, 5.41) is 2.95. The summed E-state index contributed by atoms with van der Waals surface area (Å²) in [6.07, 6.45) is 48.8. The molecule has 396 valence electrons. The van der Waals surface area contributed by atoms with Gasteiger partial charge in [0.2, 0.25) is 5.91 Å². The van der Waals surface area contributed by atoms with Gasteiger partial charge < -0.3 is 19.5 Å². The van der Waals surface area contributed by atoms with Crippen molar-refractivity contribution in [3.63, 3.8) is 0 Å². The van der Waals surface area contributed by atoms with E-state index >= 15 is 0 Å². The van der Waals surface area contributed by atoms with E-state index in [0.29, 0.717) is 25.0 Å². The summed E-state index contributed by atoms with van der Waals surface area (Å²) in [5.41, 5.74) is -0.702. The van der Waals surface area contributed by atoms with Gasteiger partial charge in [-0.05, 0) is 40.0 Å². The highest BCUT2D eigenvalue weighted by Crippen LogP contribution is 2.19. The minimum Gasteiger partial charge on any atom is -0.462 e. The Balaban J connectivity index is 4.93. The normalized spacial score (nSPS) is 12.5. The molecule has 0 bridgehead atoms. The summed E-state index contributed by atoms with van der Waals surface area (Å²) < 4.78 is 17.3. The van der Waals surface area contributed by atoms with Crippen LogP contribution in [0.4, 0.5) is 0 Å². The minimum absolute atomic E-state index is 0.0167. The topological polar surface area (TPSA) is 108 Å². The third-order valence-corrected chi connectivity index (χ3v) is 14.0. The Hall–Kier alpha value is -1.77. The van der Waals surface area contributed by atoms with E-state index in [1.165, 1.54) is 204 Å². The first kappa shape index (κ1) is 65.2. The molecule has 0 radical (unpaired) electrons. The molecular weight excluding hydrogens is 855 g/mol. The van der Waals surface area contributed by atoms with Crippen molar-refractivity contribution in [3.8, 4) is 0 Å². The summed E-state index contributed by atoms with van der Waals surface area (Å²) in [6.45, 7) is 12.2. The van der Waals surface area contributed by atoms with Crippen LogP contribution in [0.1, 0.15) is 311 Å². The van der Waals surface area contributed by atoms with Crippen LogP contribution >= 0.6 is 11.8 Å². The van der Waals surface area contributed by atoms with Gasteiger partial charge in [-0.25, -0.2) is 4.79 Å². The van der Waals surface area contributed by atoms with E-state index in [-0.39, 0.29) is 30.2 Å². The monoisotopic (exact) mass is 966 g/mol. The molecule has 0 aromatic rings. The number of carbonyl (C=O) groups is 4. The molecule has 1 N–H and O–H groups in total. The number of esters is 3. The Morgan fingerprint density at radius 1 is 0.418 bits per heavy atom. The number of rotatable bonds is 51. The number of ether oxygens (including phenoxy) is 3. The maximum absolute atomic E-state index is 13.3. The Labute approximate surface area is 419 Å². The molecule has 67 heavy (non-hydrogen) atoms. The van der Waals surface area contributed by atoms with Crippen molar-refractivity contribution < 1.29 is 33.4 Å². The highest BCUT2D eigenvalue weighted by molar-refractivity contribution is 7.99. The predicted molar refractivity (Wildman–Crippen MR) is 287 cm³/mol. The Bertz CT molecular complexity index is 1130. The molecule has 0 saturated carbocycles. The highest BCUT2D eigenvalue weighted by atomic mass is 32.2. The van der Waals surface area contributed by atoms with Gasteiger partial charge in [-0.1, -0.05) is 252 Å². The van der Waals surface area contributed by atoms with Crippen LogP contribution < -0.4 is 5.32 Å². The fourth-order valence-corrected chi connectivity index (χ4v) is 9.64. The zero-order chi connectivity index (χ0) is 49.3. The first-order chi connectivity index (χ1) is 32.5. The number of hydrogen-bond acceptors (Lipinski definition) is 8. The molecular formula is C58H111NO7S. The smallest absolute Gasteiger partial charge is 0.330 e. The number of nitrogens with one attached hydrogen (secondary N) is 1. The van der Waals surface area contributed by atoms with Crippen LogP contribution in [-0.4, -0.2) is 59.7 Å². The lowest BCUT2D eigenvalue weighted by Gasteiger charge is -2.25. The lowest BCUT2D eigenvalue weighted by Crippen LogP contribution is -2.46. The first-order valence-corrected chi connectivity index (χ1v) is 30.1. The number of hydrogen-bond donors (Lipinski definition) is 1. The molecule has 0 saturated heterocycles. The maximum Gasteiger partial charge on any atom is 0.330 e. The van der Waals surface area contributed by atoms with Crippen molar-refractivity contribution in [2.24, 2.45) is 0 Å². The number of unbranched alkanes of at least 4 members (excludes halogenated alkanes) is 36. The van der Waals surface area contributed by atoms with Gasteiger partial charge in [0.15, 0.2) is 0 Å². The summed E-state index contributed by atoms with van der Waals surface area (Å²) in [4.78, 5) is 52.3. The summed E-state index contributed by atoms with van der Waals surface area (Å²) in [5.74, 6) is -0.571. The van der Waals surface area contributed by atoms with Gasteiger partial charge in [0.25, 0.3) is 0 Å². The van der Waals surface area contributed by atoms with E-state index in [4.69, 9.17) is 14.2 Å². The number of carbonyl (C=O) groups excluding carboxylic acids is 4. The molecule has 0 aliphatic carbocycles. The van der Waals surface area contributed by atoms with E-state index in [1.807, 2.05) is 20.8 Å². The molecule has 0 aliphatic rings. The predicted octanol–water partition coefficient (Wildman–Crippen LogP) is 17.4. The molecule has 0 fully saturated rings. The molecule has 1 amide bonds. The molecule has 9 heteroatoms. The van der Waals surface area contributed by atoms with Crippen molar-refractivity contribution in [1.82, 2.24) is 5.32 Å². The van der Waals surface area contributed by atoms with Crippen molar-refractivity contribution in [2.45, 2.75) is 329 Å². The summed E-state index contributed by atoms with van der Waals surface area (Å²) in [7, 11) is 0. The highest BCUT2D eigenvalue weighted by Gasteiger charge is 2.28. The summed E-state index contributed by atoms with van der Waals surface area (Å²) in [6, 6.07) is -0.834. The molecule has 1 unspecified atom stereocenters. The molecule has 0 heterocycles. The molecule has 0 aromatic heterocycles. The summed E-state index contributed by atoms with van der Waals surface area (Å²) >= 11 is 1.41. The second kappa shape index (κ2) is 49.2. The fourth-order valence-electron chi connectivity index (χ4n) is 8.62. The zero-order valence-electron chi connectivity index (χ0n) is 45.2. The van der Waals surface area contributed by atoms with Crippen molar-refractivity contribution in [1.29, 1.82) is 0 Å². The van der Waals surface area contributed by atoms with Crippen LogP contribution in [-0.2, 0) is 33.4 Å². The largest absolute Gasteiger partial charge is 0.462 e. The van der Waals surface area contributed by atoms with Gasteiger partial charge in [0.1, 0.15) is 24.4 Å². The van der Waals surface area contributed by atoms with E-state index in [1.54, 1.807) is 0 Å². The molecule has 0 spiro atoms. The number of amides is 1. The van der Waals surface area contributed by atoms with E-state index in [2.05, 4.69) is 26.1 Å². The number of thioether (sulfide) groups is 1. The van der Waals surface area contributed by atoms with E-state index < -0.39 is 23.7 Å². The third-order valence-electron chi connectivity index (χ3n) is 12.8. The lowest BCUT2D eigenvalue weighted by molar-refractivity contribution is -0.158. The average Bonchev–Trinajstić information content (AvgIpc) is 3.29. The Morgan fingerprint density at radius 3 is 1.07 bits per heavy atom. The second-order valence-electron chi connectivity index (χ2n) is 21.0. The SMILES string of the molecule is CCCCCCCCCCCCCCCC(=O)N[C@@H](CSCC(COC(=O)CCCCCCCCCCCCCCC)OC(=O)CCCCCCCCCCCCCCC)C(=O)OC(C)(C)C. The minimum atomic E-state index is -0.834. The quantitative estimate of drug-likeness (QED) is 0.0365. The van der Waals surface area contributed by atoms with Gasteiger partial charge >= 0.3 is 17.9 Å². The van der Waals surface area contributed by atoms with Crippen LogP contribution in [0.3, 0.4) is 0 Å². The van der Waals surface area contributed by atoms with Gasteiger partial charge in [0.05, 0.1) is 0 Å². The Morgan fingerprint density at radius 2 is 0.731 bits per heavy atom. The molecule has 0 aliphatic heterocycles. The molecule has 0 rings (SSSR count). The third kappa shape index (κ3) is 49.0. The van der Waals surface area contributed by atoms with E-state index in [0.717, 1.165) is 57.8 Å². The van der Waals surface area contributed by atoms with Crippen molar-refractivity contribution in [2.75, 3.05) is 18.1 Å². The van der Waals surface area contributed by atoms with Crippen LogP contribution in [0.25, 0.3) is 0 Å². The Kier molecular flexibility index (Phi) is 47.9. The molecule has 0 aromatic carbocycles. The zero-order valence-corrected chi connectivity index (χ0v) is 46.1. The first-order valence-electron chi connectivity index (χ1n) is 29.0. The lowest BCUT2D eigenvalue weighted by atomic mass is 10.0. The fraction of sp³-hybridized carbons (Fsp3) is 0.931.